The van der Waals surface area contributed by atoms with Crippen LogP contribution in [-0.2, 0) is 16.4 Å². The van der Waals surface area contributed by atoms with Gasteiger partial charge in [-0.15, -0.1) is 0 Å². The van der Waals surface area contributed by atoms with Crippen LogP contribution in [0, 0.1) is 0 Å². The van der Waals surface area contributed by atoms with E-state index in [1.165, 1.54) is 10.6 Å². The lowest BCUT2D eigenvalue weighted by Gasteiger charge is -2.23. The van der Waals surface area contributed by atoms with E-state index in [-0.39, 0.29) is 6.04 Å². The molecule has 0 saturated carbocycles. The van der Waals surface area contributed by atoms with Crippen LogP contribution in [0.25, 0.3) is 0 Å². The van der Waals surface area contributed by atoms with Gasteiger partial charge in [0.2, 0.25) is 10.0 Å². The normalized spacial score (nSPS) is 13.7. The van der Waals surface area contributed by atoms with Gasteiger partial charge in [0.25, 0.3) is 0 Å². The second-order valence-corrected chi connectivity index (χ2v) is 6.19. The molecule has 0 radical (unpaired) electrons. The van der Waals surface area contributed by atoms with Gasteiger partial charge in [-0.2, -0.15) is 0 Å². The Hall–Kier alpha value is -1.07. The SMILES string of the molecule is COc1ccccc1C[C@@H](C)N(C)S(C)(=O)=O. The lowest BCUT2D eigenvalue weighted by atomic mass is 10.1. The molecule has 4 nitrogen and oxygen atoms in total. The van der Waals surface area contributed by atoms with Crippen molar-refractivity contribution in [2.24, 2.45) is 0 Å². The van der Waals surface area contributed by atoms with Crippen molar-refractivity contribution in [2.75, 3.05) is 20.4 Å². The number of methoxy groups -OCH3 is 1. The minimum absolute atomic E-state index is 0.0960. The quantitative estimate of drug-likeness (QED) is 0.803. The molecule has 0 fully saturated rings. The second-order valence-electron chi connectivity index (χ2n) is 4.14. The summed E-state index contributed by atoms with van der Waals surface area (Å²) in [7, 11) is 0.0583. The summed E-state index contributed by atoms with van der Waals surface area (Å²) in [6.07, 6.45) is 1.85. The Bertz CT molecular complexity index is 470. The molecule has 0 amide bonds. The number of hydrogen-bond donors (Lipinski definition) is 0. The highest BCUT2D eigenvalue weighted by Gasteiger charge is 2.19. The lowest BCUT2D eigenvalue weighted by Crippen LogP contribution is -2.35. The Labute approximate surface area is 103 Å². The van der Waals surface area contributed by atoms with Crippen LogP contribution in [0.1, 0.15) is 12.5 Å². The number of likely N-dealkylation sites (N-methyl/N-ethyl adjacent to an activating group) is 1. The molecule has 1 rings (SSSR count). The average Bonchev–Trinajstić information content (AvgIpc) is 2.27. The molecule has 0 heterocycles. The first-order valence-electron chi connectivity index (χ1n) is 5.41. The zero-order valence-electron chi connectivity index (χ0n) is 10.7. The number of rotatable bonds is 5. The van der Waals surface area contributed by atoms with Gasteiger partial charge < -0.3 is 4.74 Å². The minimum Gasteiger partial charge on any atom is -0.496 e. The molecule has 17 heavy (non-hydrogen) atoms. The molecular formula is C12H19NO3S. The molecule has 0 unspecified atom stereocenters. The molecular weight excluding hydrogens is 238 g/mol. The average molecular weight is 257 g/mol. The van der Waals surface area contributed by atoms with E-state index in [0.717, 1.165) is 11.3 Å². The van der Waals surface area contributed by atoms with Crippen LogP contribution in [0.3, 0.4) is 0 Å². The highest BCUT2D eigenvalue weighted by atomic mass is 32.2. The Kier molecular flexibility index (Phi) is 4.54. The van der Waals surface area contributed by atoms with Crippen molar-refractivity contribution in [1.29, 1.82) is 0 Å². The largest absolute Gasteiger partial charge is 0.496 e. The van der Waals surface area contributed by atoms with Gasteiger partial charge in [-0.25, -0.2) is 12.7 Å². The fourth-order valence-electron chi connectivity index (χ4n) is 1.65. The Morgan fingerprint density at radius 2 is 1.94 bits per heavy atom. The predicted octanol–water partition coefficient (Wildman–Crippen LogP) is 1.52. The first-order valence-corrected chi connectivity index (χ1v) is 7.26. The third-order valence-electron chi connectivity index (χ3n) is 2.85. The number of hydrogen-bond acceptors (Lipinski definition) is 3. The topological polar surface area (TPSA) is 46.6 Å². The summed E-state index contributed by atoms with van der Waals surface area (Å²) < 4.78 is 29.4. The summed E-state index contributed by atoms with van der Waals surface area (Å²) in [5.41, 5.74) is 1.01. The van der Waals surface area contributed by atoms with E-state index in [2.05, 4.69) is 0 Å². The van der Waals surface area contributed by atoms with Crippen LogP contribution >= 0.6 is 0 Å². The van der Waals surface area contributed by atoms with E-state index in [4.69, 9.17) is 4.74 Å². The molecule has 5 heteroatoms. The first kappa shape index (κ1) is 14.0. The van der Waals surface area contributed by atoms with Crippen molar-refractivity contribution >= 4 is 10.0 Å². The van der Waals surface area contributed by atoms with Crippen LogP contribution < -0.4 is 4.74 Å². The molecule has 0 bridgehead atoms. The zero-order chi connectivity index (χ0) is 13.1. The summed E-state index contributed by atoms with van der Waals surface area (Å²) in [6.45, 7) is 1.88. The first-order chi connectivity index (χ1) is 7.86. The van der Waals surface area contributed by atoms with E-state index in [1.807, 2.05) is 31.2 Å². The molecule has 0 spiro atoms. The van der Waals surface area contributed by atoms with E-state index in [0.29, 0.717) is 6.42 Å². The standard InChI is InChI=1S/C12H19NO3S/c1-10(13(2)17(4,14)15)9-11-7-5-6-8-12(11)16-3/h5-8,10H,9H2,1-4H3/t10-/m1/s1. The van der Waals surface area contributed by atoms with E-state index in [1.54, 1.807) is 14.2 Å². The van der Waals surface area contributed by atoms with E-state index in [9.17, 15) is 8.42 Å². The maximum atomic E-state index is 11.4. The maximum absolute atomic E-state index is 11.4. The van der Waals surface area contributed by atoms with Gasteiger partial charge in [0, 0.05) is 13.1 Å². The smallest absolute Gasteiger partial charge is 0.211 e. The van der Waals surface area contributed by atoms with Gasteiger partial charge in [0.05, 0.1) is 13.4 Å². The van der Waals surface area contributed by atoms with Crippen LogP contribution in [0.2, 0.25) is 0 Å². The monoisotopic (exact) mass is 257 g/mol. The second kappa shape index (κ2) is 5.51. The fourth-order valence-corrected chi connectivity index (χ4v) is 2.37. The van der Waals surface area contributed by atoms with Crippen LogP contribution in [0.4, 0.5) is 0 Å². The van der Waals surface area contributed by atoms with Gasteiger partial charge >= 0.3 is 0 Å². The number of sulfonamides is 1. The molecule has 1 aromatic carbocycles. The van der Waals surface area contributed by atoms with Crippen molar-refractivity contribution in [3.05, 3.63) is 29.8 Å². The van der Waals surface area contributed by atoms with Crippen molar-refractivity contribution < 1.29 is 13.2 Å². The van der Waals surface area contributed by atoms with E-state index < -0.39 is 10.0 Å². The number of nitrogens with zero attached hydrogens (tertiary/aromatic N) is 1. The maximum Gasteiger partial charge on any atom is 0.211 e. The third-order valence-corrected chi connectivity index (χ3v) is 4.26. The van der Waals surface area contributed by atoms with Gasteiger partial charge in [-0.3, -0.25) is 0 Å². The van der Waals surface area contributed by atoms with Crippen LogP contribution in [0.15, 0.2) is 24.3 Å². The summed E-state index contributed by atoms with van der Waals surface area (Å²) in [4.78, 5) is 0. The molecule has 0 aromatic heterocycles. The Morgan fingerprint density at radius 3 is 2.47 bits per heavy atom. The van der Waals surface area contributed by atoms with Crippen LogP contribution in [0.5, 0.6) is 5.75 Å². The predicted molar refractivity (Wildman–Crippen MR) is 68.8 cm³/mol. The molecule has 0 N–H and O–H groups in total. The lowest BCUT2D eigenvalue weighted by molar-refractivity contribution is 0.376. The minimum atomic E-state index is -3.15. The highest BCUT2D eigenvalue weighted by molar-refractivity contribution is 7.88. The number of ether oxygens (including phenoxy) is 1. The molecule has 0 aliphatic rings. The summed E-state index contributed by atoms with van der Waals surface area (Å²) >= 11 is 0. The zero-order valence-corrected chi connectivity index (χ0v) is 11.5. The van der Waals surface area contributed by atoms with Crippen LogP contribution in [-0.4, -0.2) is 39.2 Å². The molecule has 1 aromatic rings. The summed E-state index contributed by atoms with van der Waals surface area (Å²) in [5, 5.41) is 0. The molecule has 1 atom stereocenters. The van der Waals surface area contributed by atoms with Crippen molar-refractivity contribution in [3.8, 4) is 5.75 Å². The summed E-state index contributed by atoms with van der Waals surface area (Å²) in [5.74, 6) is 0.793. The molecule has 0 saturated heterocycles. The third kappa shape index (κ3) is 3.71. The molecule has 0 aliphatic heterocycles. The Balaban J connectivity index is 2.84. The van der Waals surface area contributed by atoms with E-state index >= 15 is 0 Å². The molecule has 0 aliphatic carbocycles. The number of benzene rings is 1. The van der Waals surface area contributed by atoms with Gasteiger partial charge in [0.1, 0.15) is 5.75 Å². The Morgan fingerprint density at radius 1 is 1.35 bits per heavy atom. The van der Waals surface area contributed by atoms with Gasteiger partial charge in [-0.1, -0.05) is 18.2 Å². The highest BCUT2D eigenvalue weighted by Crippen LogP contribution is 2.20. The van der Waals surface area contributed by atoms with Crippen molar-refractivity contribution in [3.63, 3.8) is 0 Å². The fraction of sp³-hybridized carbons (Fsp3) is 0.500. The van der Waals surface area contributed by atoms with Gasteiger partial charge in [0.15, 0.2) is 0 Å². The van der Waals surface area contributed by atoms with Crippen molar-refractivity contribution in [1.82, 2.24) is 4.31 Å². The molecule has 96 valence electrons. The van der Waals surface area contributed by atoms with Crippen molar-refractivity contribution in [2.45, 2.75) is 19.4 Å². The summed E-state index contributed by atoms with van der Waals surface area (Å²) in [6, 6.07) is 7.55. The number of para-hydroxylation sites is 1. The van der Waals surface area contributed by atoms with Gasteiger partial charge in [-0.05, 0) is 25.0 Å².